The van der Waals surface area contributed by atoms with E-state index in [4.69, 9.17) is 0 Å². The first kappa shape index (κ1) is 13.6. The Balaban J connectivity index is 1.60. The molecule has 0 heterocycles. The highest BCUT2D eigenvalue weighted by molar-refractivity contribution is 9.10. The van der Waals surface area contributed by atoms with Gasteiger partial charge < -0.3 is 5.32 Å². The molecule has 0 saturated heterocycles. The summed E-state index contributed by atoms with van der Waals surface area (Å²) in [5.41, 5.74) is 3.41. The third kappa shape index (κ3) is 2.88. The summed E-state index contributed by atoms with van der Waals surface area (Å²) in [4.78, 5) is 0. The van der Waals surface area contributed by atoms with Crippen molar-refractivity contribution in [1.29, 1.82) is 0 Å². The van der Waals surface area contributed by atoms with Crippen LogP contribution >= 0.6 is 15.9 Å². The fraction of sp³-hybridized carbons (Fsp3) is 0.294. The van der Waals surface area contributed by atoms with E-state index >= 15 is 0 Å². The number of hydrogen-bond donors (Lipinski definition) is 1. The Kier molecular flexibility index (Phi) is 3.79. The van der Waals surface area contributed by atoms with E-state index < -0.39 is 0 Å². The Hall–Kier alpha value is -1.35. The number of rotatable bonds is 3. The van der Waals surface area contributed by atoms with E-state index in [-0.39, 0.29) is 5.82 Å². The van der Waals surface area contributed by atoms with Crippen molar-refractivity contribution in [2.24, 2.45) is 0 Å². The first-order valence-electron chi connectivity index (χ1n) is 6.90. The predicted octanol–water partition coefficient (Wildman–Crippen LogP) is 5.25. The molecule has 0 atom stereocenters. The standard InChI is InChI=1S/C17H17BrFN/c1-11-2-7-15(19)10-17(11)20-16-8-13(9-16)12-3-5-14(18)6-4-12/h2-7,10,13,16,20H,8-9H2,1H3. The van der Waals surface area contributed by atoms with E-state index in [0.29, 0.717) is 12.0 Å². The van der Waals surface area contributed by atoms with Crippen molar-refractivity contribution in [3.05, 3.63) is 63.9 Å². The van der Waals surface area contributed by atoms with Crippen LogP contribution in [0.2, 0.25) is 0 Å². The molecule has 104 valence electrons. The smallest absolute Gasteiger partial charge is 0.125 e. The number of halogens is 2. The van der Waals surface area contributed by atoms with Gasteiger partial charge in [0.15, 0.2) is 0 Å². The van der Waals surface area contributed by atoms with E-state index in [1.807, 2.05) is 13.0 Å². The molecule has 1 saturated carbocycles. The minimum Gasteiger partial charge on any atom is -0.382 e. The van der Waals surface area contributed by atoms with Crippen molar-refractivity contribution in [2.45, 2.75) is 31.7 Å². The predicted molar refractivity (Wildman–Crippen MR) is 84.7 cm³/mol. The lowest BCUT2D eigenvalue weighted by atomic mass is 9.76. The fourth-order valence-electron chi connectivity index (χ4n) is 2.71. The number of benzene rings is 2. The molecule has 3 heteroatoms. The van der Waals surface area contributed by atoms with Crippen LogP contribution in [0.5, 0.6) is 0 Å². The van der Waals surface area contributed by atoms with Crippen LogP contribution in [0.4, 0.5) is 10.1 Å². The summed E-state index contributed by atoms with van der Waals surface area (Å²) in [7, 11) is 0. The van der Waals surface area contributed by atoms with Crippen LogP contribution in [0.25, 0.3) is 0 Å². The lowest BCUT2D eigenvalue weighted by Crippen LogP contribution is -2.34. The second-order valence-corrected chi connectivity index (χ2v) is 6.44. The molecule has 0 aromatic heterocycles. The molecule has 1 fully saturated rings. The van der Waals surface area contributed by atoms with E-state index in [1.165, 1.54) is 11.6 Å². The monoisotopic (exact) mass is 333 g/mol. The second kappa shape index (κ2) is 5.57. The van der Waals surface area contributed by atoms with Gasteiger partial charge in [-0.3, -0.25) is 0 Å². The molecule has 0 bridgehead atoms. The lowest BCUT2D eigenvalue weighted by Gasteiger charge is -2.37. The van der Waals surface area contributed by atoms with Crippen LogP contribution in [0.1, 0.15) is 29.9 Å². The quantitative estimate of drug-likeness (QED) is 0.808. The van der Waals surface area contributed by atoms with Gasteiger partial charge in [-0.1, -0.05) is 34.1 Å². The molecule has 0 radical (unpaired) electrons. The molecule has 3 rings (SSSR count). The van der Waals surface area contributed by atoms with E-state index in [0.717, 1.165) is 28.6 Å². The second-order valence-electron chi connectivity index (χ2n) is 5.52. The Labute approximate surface area is 127 Å². The van der Waals surface area contributed by atoms with Gasteiger partial charge in [-0.15, -0.1) is 0 Å². The third-order valence-electron chi connectivity index (χ3n) is 4.04. The molecular formula is C17H17BrFN. The molecular weight excluding hydrogens is 317 g/mol. The van der Waals surface area contributed by atoms with Gasteiger partial charge >= 0.3 is 0 Å². The molecule has 20 heavy (non-hydrogen) atoms. The van der Waals surface area contributed by atoms with Gasteiger partial charge in [0.05, 0.1) is 0 Å². The molecule has 0 spiro atoms. The zero-order valence-corrected chi connectivity index (χ0v) is 13.0. The fourth-order valence-corrected chi connectivity index (χ4v) is 2.98. The van der Waals surface area contributed by atoms with Crippen molar-refractivity contribution in [3.63, 3.8) is 0 Å². The summed E-state index contributed by atoms with van der Waals surface area (Å²) in [5.74, 6) is 0.441. The third-order valence-corrected chi connectivity index (χ3v) is 4.57. The molecule has 2 aromatic carbocycles. The van der Waals surface area contributed by atoms with Crippen LogP contribution in [0.3, 0.4) is 0 Å². The zero-order valence-electron chi connectivity index (χ0n) is 11.4. The van der Waals surface area contributed by atoms with Crippen molar-refractivity contribution in [2.75, 3.05) is 5.32 Å². The Morgan fingerprint density at radius 3 is 2.50 bits per heavy atom. The van der Waals surface area contributed by atoms with Gasteiger partial charge in [0.2, 0.25) is 0 Å². The summed E-state index contributed by atoms with van der Waals surface area (Å²) in [5, 5.41) is 3.45. The van der Waals surface area contributed by atoms with Crippen molar-refractivity contribution < 1.29 is 4.39 Å². The van der Waals surface area contributed by atoms with E-state index in [1.54, 1.807) is 6.07 Å². The summed E-state index contributed by atoms with van der Waals surface area (Å²) in [6.07, 6.45) is 2.22. The van der Waals surface area contributed by atoms with E-state index in [2.05, 4.69) is 45.5 Å². The Bertz CT molecular complexity index is 603. The molecule has 0 unspecified atom stereocenters. The van der Waals surface area contributed by atoms with Crippen LogP contribution in [-0.2, 0) is 0 Å². The van der Waals surface area contributed by atoms with Gasteiger partial charge in [-0.2, -0.15) is 0 Å². The normalized spacial score (nSPS) is 21.4. The maximum Gasteiger partial charge on any atom is 0.125 e. The molecule has 1 N–H and O–H groups in total. The van der Waals surface area contributed by atoms with Gasteiger partial charge in [0.25, 0.3) is 0 Å². The summed E-state index contributed by atoms with van der Waals surface area (Å²) in [6.45, 7) is 2.01. The highest BCUT2D eigenvalue weighted by Gasteiger charge is 2.30. The van der Waals surface area contributed by atoms with Crippen LogP contribution in [-0.4, -0.2) is 6.04 Å². The number of aryl methyl sites for hydroxylation is 1. The highest BCUT2D eigenvalue weighted by atomic mass is 79.9. The molecule has 1 nitrogen and oxygen atoms in total. The SMILES string of the molecule is Cc1ccc(F)cc1NC1CC(c2ccc(Br)cc2)C1. The van der Waals surface area contributed by atoms with Gasteiger partial charge in [0.1, 0.15) is 5.82 Å². The topological polar surface area (TPSA) is 12.0 Å². The average molecular weight is 334 g/mol. The van der Waals surface area contributed by atoms with Crippen molar-refractivity contribution >= 4 is 21.6 Å². The maximum absolute atomic E-state index is 13.3. The lowest BCUT2D eigenvalue weighted by molar-refractivity contribution is 0.374. The van der Waals surface area contributed by atoms with Crippen LogP contribution < -0.4 is 5.32 Å². The van der Waals surface area contributed by atoms with Crippen molar-refractivity contribution in [3.8, 4) is 0 Å². The largest absolute Gasteiger partial charge is 0.382 e. The number of nitrogens with one attached hydrogen (secondary N) is 1. The molecule has 1 aliphatic carbocycles. The van der Waals surface area contributed by atoms with Gasteiger partial charge in [0, 0.05) is 16.2 Å². The first-order valence-corrected chi connectivity index (χ1v) is 7.69. The van der Waals surface area contributed by atoms with Gasteiger partial charge in [-0.05, 0) is 61.1 Å². The Morgan fingerprint density at radius 2 is 1.80 bits per heavy atom. The minimum absolute atomic E-state index is 0.179. The molecule has 0 aliphatic heterocycles. The minimum atomic E-state index is -0.179. The molecule has 1 aliphatic rings. The average Bonchev–Trinajstić information content (AvgIpc) is 2.39. The number of anilines is 1. The highest BCUT2D eigenvalue weighted by Crippen LogP contribution is 2.39. The molecule has 2 aromatic rings. The van der Waals surface area contributed by atoms with Gasteiger partial charge in [-0.25, -0.2) is 4.39 Å². The Morgan fingerprint density at radius 1 is 1.10 bits per heavy atom. The summed E-state index contributed by atoms with van der Waals surface area (Å²) in [6, 6.07) is 13.9. The van der Waals surface area contributed by atoms with Crippen LogP contribution in [0.15, 0.2) is 46.9 Å². The zero-order chi connectivity index (χ0) is 14.1. The van der Waals surface area contributed by atoms with Crippen LogP contribution in [0, 0.1) is 12.7 Å². The maximum atomic E-state index is 13.3. The van der Waals surface area contributed by atoms with Crippen molar-refractivity contribution in [1.82, 2.24) is 0 Å². The first-order chi connectivity index (χ1) is 9.61. The summed E-state index contributed by atoms with van der Waals surface area (Å²) >= 11 is 3.46. The number of hydrogen-bond acceptors (Lipinski definition) is 1. The summed E-state index contributed by atoms with van der Waals surface area (Å²) < 4.78 is 14.4. The van der Waals surface area contributed by atoms with E-state index in [9.17, 15) is 4.39 Å². The molecule has 0 amide bonds.